The van der Waals surface area contributed by atoms with E-state index in [1.165, 1.54) is 19.6 Å². The van der Waals surface area contributed by atoms with Crippen LogP contribution in [0.25, 0.3) is 0 Å². The van der Waals surface area contributed by atoms with E-state index in [0.717, 1.165) is 5.56 Å². The van der Waals surface area contributed by atoms with Crippen molar-refractivity contribution in [2.24, 2.45) is 0 Å². The minimum atomic E-state index is -0.326. The Labute approximate surface area is 144 Å². The minimum absolute atomic E-state index is 0.294. The molecule has 3 rings (SSSR count). The first-order chi connectivity index (χ1) is 12.3. The molecule has 3 aromatic heterocycles. The van der Waals surface area contributed by atoms with Crippen molar-refractivity contribution in [2.45, 2.75) is 13.1 Å². The lowest BCUT2D eigenvalue weighted by molar-refractivity contribution is 0.201. The molecule has 3 aromatic rings. The van der Waals surface area contributed by atoms with E-state index in [4.69, 9.17) is 9.15 Å². The van der Waals surface area contributed by atoms with Gasteiger partial charge in [-0.25, -0.2) is 9.78 Å². The lowest BCUT2D eigenvalue weighted by atomic mass is 10.2. The van der Waals surface area contributed by atoms with E-state index in [1.54, 1.807) is 29.6 Å². The Hall–Kier alpha value is -3.42. The second-order valence-electron chi connectivity index (χ2n) is 5.17. The lowest BCUT2D eigenvalue weighted by Gasteiger charge is -2.22. The predicted octanol–water partition coefficient (Wildman–Crippen LogP) is 2.71. The molecule has 0 aliphatic heterocycles. The van der Waals surface area contributed by atoms with Gasteiger partial charge < -0.3 is 19.4 Å². The number of nitrogens with one attached hydrogen (secondary N) is 1. The average molecular weight is 339 g/mol. The molecule has 3 heterocycles. The molecule has 0 aliphatic carbocycles. The second-order valence-corrected chi connectivity index (χ2v) is 5.17. The Balaban J connectivity index is 1.78. The highest BCUT2D eigenvalue weighted by Crippen LogP contribution is 2.20. The minimum Gasteiger partial charge on any atom is -0.479 e. The topological polar surface area (TPSA) is 93.4 Å². The fraction of sp³-hybridized carbons (Fsp3) is 0.176. The van der Waals surface area contributed by atoms with Gasteiger partial charge in [-0.2, -0.15) is 4.98 Å². The van der Waals surface area contributed by atoms with Gasteiger partial charge in [-0.05, 0) is 23.8 Å². The normalized spacial score (nSPS) is 10.3. The van der Waals surface area contributed by atoms with Gasteiger partial charge in [-0.15, -0.1) is 0 Å². The molecule has 2 amide bonds. The SMILES string of the molecule is COc1ncncc1NC(=O)N(Cc1cccnc1)Cc1ccco1. The fourth-order valence-electron chi connectivity index (χ4n) is 2.26. The first-order valence-electron chi connectivity index (χ1n) is 7.57. The van der Waals surface area contributed by atoms with Crippen molar-refractivity contribution >= 4 is 11.7 Å². The van der Waals surface area contributed by atoms with Crippen LogP contribution in [0.15, 0.2) is 59.9 Å². The number of urea groups is 1. The van der Waals surface area contributed by atoms with Crippen LogP contribution in [0.1, 0.15) is 11.3 Å². The largest absolute Gasteiger partial charge is 0.479 e. The Morgan fingerprint density at radius 2 is 2.16 bits per heavy atom. The molecule has 0 spiro atoms. The summed E-state index contributed by atoms with van der Waals surface area (Å²) in [6, 6.07) is 7.00. The van der Waals surface area contributed by atoms with Crippen molar-refractivity contribution in [1.29, 1.82) is 0 Å². The average Bonchev–Trinajstić information content (AvgIpc) is 3.15. The number of hydrogen-bond acceptors (Lipinski definition) is 6. The van der Waals surface area contributed by atoms with Crippen LogP contribution in [0.5, 0.6) is 5.88 Å². The van der Waals surface area contributed by atoms with E-state index in [1.807, 2.05) is 18.2 Å². The molecule has 0 bridgehead atoms. The zero-order chi connectivity index (χ0) is 17.5. The van der Waals surface area contributed by atoms with Gasteiger partial charge in [-0.3, -0.25) is 4.98 Å². The van der Waals surface area contributed by atoms with Crippen molar-refractivity contribution < 1.29 is 13.9 Å². The molecule has 1 N–H and O–H groups in total. The Kier molecular flexibility index (Phi) is 5.20. The van der Waals surface area contributed by atoms with Gasteiger partial charge in [0.05, 0.1) is 26.1 Å². The summed E-state index contributed by atoms with van der Waals surface area (Å²) in [6.45, 7) is 0.681. The Morgan fingerprint density at radius 3 is 2.88 bits per heavy atom. The van der Waals surface area contributed by atoms with E-state index < -0.39 is 0 Å². The van der Waals surface area contributed by atoms with E-state index in [-0.39, 0.29) is 6.03 Å². The van der Waals surface area contributed by atoms with Gasteiger partial charge in [-0.1, -0.05) is 6.07 Å². The van der Waals surface area contributed by atoms with Crippen LogP contribution in [0.3, 0.4) is 0 Å². The summed E-state index contributed by atoms with van der Waals surface area (Å²) in [5.41, 5.74) is 1.30. The molecule has 8 heteroatoms. The molecule has 0 radical (unpaired) electrons. The monoisotopic (exact) mass is 339 g/mol. The van der Waals surface area contributed by atoms with Crippen LogP contribution in [0.2, 0.25) is 0 Å². The molecule has 128 valence electrons. The highest BCUT2D eigenvalue weighted by Gasteiger charge is 2.18. The maximum Gasteiger partial charge on any atom is 0.322 e. The molecule has 25 heavy (non-hydrogen) atoms. The van der Waals surface area contributed by atoms with Crippen LogP contribution < -0.4 is 10.1 Å². The summed E-state index contributed by atoms with van der Waals surface area (Å²) in [5, 5.41) is 2.77. The zero-order valence-corrected chi connectivity index (χ0v) is 13.6. The van der Waals surface area contributed by atoms with E-state index in [0.29, 0.717) is 30.4 Å². The number of ether oxygens (including phenoxy) is 1. The van der Waals surface area contributed by atoms with E-state index >= 15 is 0 Å². The molecule has 0 aromatic carbocycles. The summed E-state index contributed by atoms with van der Waals surface area (Å²) in [6.07, 6.45) is 7.81. The number of hydrogen-bond donors (Lipinski definition) is 1. The summed E-state index contributed by atoms with van der Waals surface area (Å²) in [7, 11) is 1.48. The smallest absolute Gasteiger partial charge is 0.322 e. The molecule has 0 fully saturated rings. The Bertz CT molecular complexity index is 808. The first-order valence-corrected chi connectivity index (χ1v) is 7.57. The summed E-state index contributed by atoms with van der Waals surface area (Å²) >= 11 is 0. The number of aromatic nitrogens is 3. The number of rotatable bonds is 6. The summed E-state index contributed by atoms with van der Waals surface area (Å²) in [5.74, 6) is 0.970. The second kappa shape index (κ2) is 7.91. The van der Waals surface area contributed by atoms with Crippen LogP contribution >= 0.6 is 0 Å². The first kappa shape index (κ1) is 16.4. The van der Waals surface area contributed by atoms with Crippen LogP contribution in [0.4, 0.5) is 10.5 Å². The van der Waals surface area contributed by atoms with Gasteiger partial charge in [0.1, 0.15) is 17.8 Å². The van der Waals surface area contributed by atoms with E-state index in [2.05, 4.69) is 20.3 Å². The van der Waals surface area contributed by atoms with Crippen LogP contribution in [-0.4, -0.2) is 33.0 Å². The Morgan fingerprint density at radius 1 is 1.24 bits per heavy atom. The third-order valence-corrected chi connectivity index (χ3v) is 3.42. The van der Waals surface area contributed by atoms with Gasteiger partial charge in [0.15, 0.2) is 0 Å². The van der Waals surface area contributed by atoms with Crippen LogP contribution in [-0.2, 0) is 13.1 Å². The highest BCUT2D eigenvalue weighted by molar-refractivity contribution is 5.90. The highest BCUT2D eigenvalue weighted by atomic mass is 16.5. The van der Waals surface area contributed by atoms with Crippen molar-refractivity contribution in [2.75, 3.05) is 12.4 Å². The molecule has 0 aliphatic rings. The molecular weight excluding hydrogens is 322 g/mol. The fourth-order valence-corrected chi connectivity index (χ4v) is 2.26. The molecule has 0 saturated heterocycles. The standard InChI is InChI=1S/C17H17N5O3/c1-24-16-15(9-19-12-20-16)21-17(23)22(11-14-5-3-7-25-14)10-13-4-2-6-18-8-13/h2-9,12H,10-11H2,1H3,(H,21,23). The quantitative estimate of drug-likeness (QED) is 0.742. The van der Waals surface area contributed by atoms with Crippen LogP contribution in [0, 0.1) is 0 Å². The third kappa shape index (κ3) is 4.31. The molecule has 8 nitrogen and oxygen atoms in total. The molecule has 0 saturated carbocycles. The van der Waals surface area contributed by atoms with Gasteiger partial charge in [0.25, 0.3) is 0 Å². The molecular formula is C17H17N5O3. The number of nitrogens with zero attached hydrogens (tertiary/aromatic N) is 4. The van der Waals surface area contributed by atoms with E-state index in [9.17, 15) is 4.79 Å². The molecule has 0 atom stereocenters. The third-order valence-electron chi connectivity index (χ3n) is 3.42. The number of carbonyl (C=O) groups is 1. The van der Waals surface area contributed by atoms with Crippen molar-refractivity contribution in [3.8, 4) is 5.88 Å². The summed E-state index contributed by atoms with van der Waals surface area (Å²) in [4.78, 5) is 26.3. The summed E-state index contributed by atoms with van der Waals surface area (Å²) < 4.78 is 10.5. The van der Waals surface area contributed by atoms with Crippen molar-refractivity contribution in [3.63, 3.8) is 0 Å². The number of anilines is 1. The number of amides is 2. The maximum atomic E-state index is 12.8. The van der Waals surface area contributed by atoms with Crippen molar-refractivity contribution in [3.05, 3.63) is 66.8 Å². The van der Waals surface area contributed by atoms with Gasteiger partial charge in [0.2, 0.25) is 5.88 Å². The van der Waals surface area contributed by atoms with Gasteiger partial charge in [0, 0.05) is 18.9 Å². The van der Waals surface area contributed by atoms with Gasteiger partial charge >= 0.3 is 6.03 Å². The predicted molar refractivity (Wildman–Crippen MR) is 89.8 cm³/mol. The lowest BCUT2D eigenvalue weighted by Crippen LogP contribution is -2.34. The number of furan rings is 1. The molecule has 0 unspecified atom stereocenters. The maximum absolute atomic E-state index is 12.8. The van der Waals surface area contributed by atoms with Crippen molar-refractivity contribution in [1.82, 2.24) is 19.9 Å². The number of carbonyl (C=O) groups excluding carboxylic acids is 1. The zero-order valence-electron chi connectivity index (χ0n) is 13.6. The number of methoxy groups -OCH3 is 1. The number of pyridine rings is 1.